The highest BCUT2D eigenvalue weighted by Crippen LogP contribution is 2.49. The molecule has 0 saturated heterocycles. The zero-order valence-corrected chi connectivity index (χ0v) is 14.4. The topological polar surface area (TPSA) is 24.7 Å². The summed E-state index contributed by atoms with van der Waals surface area (Å²) in [6.07, 6.45) is 9.05. The molecule has 3 aliphatic rings. The number of hydrogen-bond donors (Lipinski definition) is 0. The van der Waals surface area contributed by atoms with Gasteiger partial charge in [0.1, 0.15) is 0 Å². The summed E-state index contributed by atoms with van der Waals surface area (Å²) in [7, 11) is 0. The minimum Gasteiger partial charge on any atom is -0.278 e. The molecule has 0 aromatic heterocycles. The summed E-state index contributed by atoms with van der Waals surface area (Å²) in [6.45, 7) is 4.53. The molecule has 3 rings (SSSR count). The highest BCUT2D eigenvalue weighted by molar-refractivity contribution is 8.16. The van der Waals surface area contributed by atoms with Crippen LogP contribution >= 0.6 is 23.5 Å². The Morgan fingerprint density at radius 1 is 0.900 bits per heavy atom. The minimum atomic E-state index is 0.224. The van der Waals surface area contributed by atoms with Crippen LogP contribution in [0.15, 0.2) is 9.98 Å². The van der Waals surface area contributed by atoms with Crippen LogP contribution in [0.4, 0.5) is 0 Å². The molecule has 2 aliphatic heterocycles. The molecule has 1 saturated carbocycles. The van der Waals surface area contributed by atoms with E-state index in [0.29, 0.717) is 12.1 Å². The third kappa shape index (κ3) is 2.70. The Hall–Kier alpha value is 0.0400. The van der Waals surface area contributed by atoms with Gasteiger partial charge >= 0.3 is 0 Å². The maximum atomic E-state index is 5.08. The second-order valence-electron chi connectivity index (χ2n) is 6.26. The van der Waals surface area contributed by atoms with Crippen molar-refractivity contribution >= 4 is 33.6 Å². The van der Waals surface area contributed by atoms with E-state index in [-0.39, 0.29) is 5.41 Å². The molecule has 1 aliphatic carbocycles. The van der Waals surface area contributed by atoms with Crippen molar-refractivity contribution in [3.05, 3.63) is 0 Å². The molecular formula is C16H26N2S2. The van der Waals surface area contributed by atoms with Crippen LogP contribution in [0.3, 0.4) is 0 Å². The maximum absolute atomic E-state index is 5.08. The molecule has 0 amide bonds. The van der Waals surface area contributed by atoms with E-state index in [1.54, 1.807) is 0 Å². The predicted molar refractivity (Wildman–Crippen MR) is 93.5 cm³/mol. The van der Waals surface area contributed by atoms with Crippen LogP contribution in [0, 0.1) is 5.41 Å². The molecule has 0 radical (unpaired) electrons. The Morgan fingerprint density at radius 2 is 1.40 bits per heavy atom. The van der Waals surface area contributed by atoms with Gasteiger partial charge in [0.25, 0.3) is 0 Å². The fourth-order valence-electron chi connectivity index (χ4n) is 3.45. The second-order valence-corrected chi connectivity index (χ2v) is 8.27. The quantitative estimate of drug-likeness (QED) is 0.746. The van der Waals surface area contributed by atoms with Crippen molar-refractivity contribution in [3.63, 3.8) is 0 Å². The van der Waals surface area contributed by atoms with Crippen LogP contribution in [0.5, 0.6) is 0 Å². The van der Waals surface area contributed by atoms with Crippen LogP contribution in [0.1, 0.15) is 58.8 Å². The normalized spacial score (nSPS) is 33.1. The van der Waals surface area contributed by atoms with Crippen LogP contribution in [0.25, 0.3) is 0 Å². The Morgan fingerprint density at radius 3 is 1.80 bits per heavy atom. The zero-order chi connectivity index (χ0) is 14.0. The number of nitrogens with zero attached hydrogens (tertiary/aromatic N) is 2. The molecule has 4 heteroatoms. The molecule has 112 valence electrons. The highest BCUT2D eigenvalue weighted by atomic mass is 32.2. The first-order chi connectivity index (χ1) is 9.78. The molecule has 20 heavy (non-hydrogen) atoms. The summed E-state index contributed by atoms with van der Waals surface area (Å²) in [4.78, 5) is 10.2. The SMILES string of the molecule is CC[C@@H]1CSC(C2(C3=N[C@H](CC)CS3)CCCCC2)=N1. The van der Waals surface area contributed by atoms with Gasteiger partial charge in [-0.15, -0.1) is 23.5 Å². The average Bonchev–Trinajstić information content (AvgIpc) is 3.17. The van der Waals surface area contributed by atoms with Gasteiger partial charge in [0.05, 0.1) is 27.6 Å². The van der Waals surface area contributed by atoms with Crippen molar-refractivity contribution in [3.8, 4) is 0 Å². The Bertz CT molecular complexity index is 379. The molecule has 0 unspecified atom stereocenters. The van der Waals surface area contributed by atoms with E-state index in [1.807, 2.05) is 23.5 Å². The summed E-state index contributed by atoms with van der Waals surface area (Å²) in [6, 6.07) is 1.12. The van der Waals surface area contributed by atoms with Crippen molar-refractivity contribution in [1.29, 1.82) is 0 Å². The lowest BCUT2D eigenvalue weighted by Gasteiger charge is -2.36. The third-order valence-corrected chi connectivity index (χ3v) is 7.53. The van der Waals surface area contributed by atoms with Gasteiger partial charge in [-0.25, -0.2) is 0 Å². The Labute approximate surface area is 131 Å². The van der Waals surface area contributed by atoms with Gasteiger partial charge in [-0.3, -0.25) is 9.98 Å². The first kappa shape index (κ1) is 15.0. The van der Waals surface area contributed by atoms with Crippen molar-refractivity contribution in [2.45, 2.75) is 70.9 Å². The van der Waals surface area contributed by atoms with Gasteiger partial charge in [-0.2, -0.15) is 0 Å². The average molecular weight is 311 g/mol. The lowest BCUT2D eigenvalue weighted by atomic mass is 9.75. The van der Waals surface area contributed by atoms with Gasteiger partial charge < -0.3 is 0 Å². The molecular weight excluding hydrogens is 284 g/mol. The standard InChI is InChI=1S/C16H26N2S2/c1-3-12-10-19-14(17-12)16(8-6-5-7-9-16)15-18-13(4-2)11-20-15/h12-13H,3-11H2,1-2H3/t12-,13-/m1/s1. The number of thioether (sulfide) groups is 2. The Balaban J connectivity index is 1.89. The van der Waals surface area contributed by atoms with Crippen LogP contribution in [0.2, 0.25) is 0 Å². The number of rotatable bonds is 4. The van der Waals surface area contributed by atoms with Crippen LogP contribution < -0.4 is 0 Å². The van der Waals surface area contributed by atoms with Gasteiger partial charge in [0.2, 0.25) is 0 Å². The van der Waals surface area contributed by atoms with Gasteiger partial charge in [-0.1, -0.05) is 33.1 Å². The van der Waals surface area contributed by atoms with E-state index in [2.05, 4.69) is 13.8 Å². The first-order valence-electron chi connectivity index (χ1n) is 8.20. The molecule has 0 aromatic rings. The first-order valence-corrected chi connectivity index (χ1v) is 10.2. The minimum absolute atomic E-state index is 0.224. The van der Waals surface area contributed by atoms with Gasteiger partial charge in [0, 0.05) is 11.5 Å². The summed E-state index contributed by atoms with van der Waals surface area (Å²) >= 11 is 4.06. The maximum Gasteiger partial charge on any atom is 0.0807 e. The van der Waals surface area contributed by atoms with E-state index >= 15 is 0 Å². The smallest absolute Gasteiger partial charge is 0.0807 e. The lowest BCUT2D eigenvalue weighted by molar-refractivity contribution is 0.382. The zero-order valence-electron chi connectivity index (χ0n) is 12.7. The molecule has 2 nitrogen and oxygen atoms in total. The molecule has 0 aromatic carbocycles. The molecule has 2 heterocycles. The van der Waals surface area contributed by atoms with E-state index in [9.17, 15) is 0 Å². The highest BCUT2D eigenvalue weighted by Gasteiger charge is 2.45. The molecule has 2 atom stereocenters. The van der Waals surface area contributed by atoms with Crippen molar-refractivity contribution in [1.82, 2.24) is 0 Å². The van der Waals surface area contributed by atoms with Gasteiger partial charge in [0.15, 0.2) is 0 Å². The summed E-state index contributed by atoms with van der Waals surface area (Å²) < 4.78 is 0. The molecule has 0 bridgehead atoms. The molecule has 0 N–H and O–H groups in total. The lowest BCUT2D eigenvalue weighted by Crippen LogP contribution is -2.37. The molecule has 1 fully saturated rings. The van der Waals surface area contributed by atoms with Gasteiger partial charge in [-0.05, 0) is 25.7 Å². The third-order valence-electron chi connectivity index (χ3n) is 4.89. The van der Waals surface area contributed by atoms with Crippen molar-refractivity contribution in [2.24, 2.45) is 15.4 Å². The molecule has 0 spiro atoms. The predicted octanol–water partition coefficient (Wildman–Crippen LogP) is 4.78. The van der Waals surface area contributed by atoms with Crippen molar-refractivity contribution < 1.29 is 0 Å². The van der Waals surface area contributed by atoms with Crippen LogP contribution in [-0.2, 0) is 0 Å². The number of aliphatic imine (C=N–C) groups is 2. The van der Waals surface area contributed by atoms with E-state index < -0.39 is 0 Å². The fraction of sp³-hybridized carbons (Fsp3) is 0.875. The number of hydrogen-bond acceptors (Lipinski definition) is 4. The Kier molecular flexibility index (Phi) is 4.81. The van der Waals surface area contributed by atoms with Crippen molar-refractivity contribution in [2.75, 3.05) is 11.5 Å². The summed E-state index contributed by atoms with van der Waals surface area (Å²) in [5.41, 5.74) is 0.224. The summed E-state index contributed by atoms with van der Waals surface area (Å²) in [5, 5.41) is 2.87. The van der Waals surface area contributed by atoms with Crippen LogP contribution in [-0.4, -0.2) is 33.7 Å². The van der Waals surface area contributed by atoms with E-state index in [1.165, 1.54) is 66.5 Å². The second kappa shape index (κ2) is 6.43. The fourth-order valence-corrected chi connectivity index (χ4v) is 6.43. The largest absolute Gasteiger partial charge is 0.278 e. The summed E-state index contributed by atoms with van der Waals surface area (Å²) in [5.74, 6) is 2.39. The monoisotopic (exact) mass is 310 g/mol. The van der Waals surface area contributed by atoms with E-state index in [4.69, 9.17) is 9.98 Å². The van der Waals surface area contributed by atoms with E-state index in [0.717, 1.165) is 0 Å².